The van der Waals surface area contributed by atoms with Crippen LogP contribution in [0.25, 0.3) is 44.4 Å². The normalized spacial score (nSPS) is 11.8. The van der Waals surface area contributed by atoms with E-state index in [0.717, 1.165) is 27.6 Å². The fourth-order valence-corrected chi connectivity index (χ4v) is 3.71. The van der Waals surface area contributed by atoms with E-state index in [2.05, 4.69) is 15.0 Å². The Balaban J connectivity index is 1.79. The molecule has 5 rings (SSSR count). The van der Waals surface area contributed by atoms with Gasteiger partial charge in [0.15, 0.2) is 11.2 Å². The zero-order chi connectivity index (χ0) is 22.5. The smallest absolute Gasteiger partial charge is 0.420 e. The summed E-state index contributed by atoms with van der Waals surface area (Å²) in [6.45, 7) is 5.49. The van der Waals surface area contributed by atoms with E-state index in [1.54, 1.807) is 24.8 Å². The van der Waals surface area contributed by atoms with Gasteiger partial charge in [0.2, 0.25) is 0 Å². The fourth-order valence-electron chi connectivity index (χ4n) is 3.71. The average Bonchev–Trinajstić information content (AvgIpc) is 3.32. The zero-order valence-corrected chi connectivity index (χ0v) is 17.9. The molecule has 0 radical (unpaired) electrons. The second-order valence-electron chi connectivity index (χ2n) is 8.42. The van der Waals surface area contributed by atoms with Crippen LogP contribution in [0.2, 0.25) is 0 Å². The summed E-state index contributed by atoms with van der Waals surface area (Å²) in [5.74, 6) is 0. The largest absolute Gasteiger partial charge is 0.443 e. The van der Waals surface area contributed by atoms with E-state index in [4.69, 9.17) is 14.9 Å². The summed E-state index contributed by atoms with van der Waals surface area (Å²) >= 11 is 0. The van der Waals surface area contributed by atoms with Gasteiger partial charge in [0.25, 0.3) is 6.01 Å². The Morgan fingerprint density at radius 3 is 2.56 bits per heavy atom. The number of anilines is 1. The molecule has 4 heterocycles. The van der Waals surface area contributed by atoms with Crippen molar-refractivity contribution in [1.29, 1.82) is 0 Å². The van der Waals surface area contributed by atoms with Crippen LogP contribution in [0.4, 0.5) is 10.8 Å². The monoisotopic (exact) mass is 427 g/mol. The minimum Gasteiger partial charge on any atom is -0.443 e. The van der Waals surface area contributed by atoms with Gasteiger partial charge in [0.05, 0.1) is 0 Å². The molecule has 0 amide bonds. The molecule has 0 atom stereocenters. The number of nitrogens with zero attached hydrogens (tertiary/aromatic N) is 4. The van der Waals surface area contributed by atoms with Crippen molar-refractivity contribution < 1.29 is 13.9 Å². The second-order valence-corrected chi connectivity index (χ2v) is 8.42. The number of rotatable bonds is 2. The fraction of sp³-hybridized carbons (Fsp3) is 0.167. The molecule has 0 aliphatic carbocycles. The van der Waals surface area contributed by atoms with Gasteiger partial charge in [0.1, 0.15) is 11.1 Å². The van der Waals surface area contributed by atoms with E-state index in [9.17, 15) is 4.79 Å². The number of pyridine rings is 2. The summed E-state index contributed by atoms with van der Waals surface area (Å²) in [7, 11) is 0. The van der Waals surface area contributed by atoms with Crippen molar-refractivity contribution >= 4 is 34.2 Å². The lowest BCUT2D eigenvalue weighted by molar-refractivity contribution is 0.0544. The Bertz CT molecular complexity index is 1460. The van der Waals surface area contributed by atoms with Gasteiger partial charge in [0, 0.05) is 35.7 Å². The Hall–Kier alpha value is -4.20. The summed E-state index contributed by atoms with van der Waals surface area (Å²) in [4.78, 5) is 25.9. The number of nitrogen functional groups attached to an aromatic ring is 1. The predicted molar refractivity (Wildman–Crippen MR) is 122 cm³/mol. The molecule has 0 saturated heterocycles. The molecule has 4 aromatic heterocycles. The standard InChI is InChI=1S/C24H21N5O3/c1-24(2,3)32-23(30)29-13-17(15-4-5-19-18(12-15)28-22(25)31-19)20-16(8-11-27-21(20)29)14-6-9-26-10-7-14/h4-13H,1-3H3,(H2,25,28). The van der Waals surface area contributed by atoms with Crippen LogP contribution in [-0.4, -0.2) is 31.2 Å². The molecule has 0 bridgehead atoms. The van der Waals surface area contributed by atoms with E-state index >= 15 is 0 Å². The van der Waals surface area contributed by atoms with Gasteiger partial charge in [-0.2, -0.15) is 4.98 Å². The predicted octanol–water partition coefficient (Wildman–Crippen LogP) is 5.27. The van der Waals surface area contributed by atoms with Crippen molar-refractivity contribution in [3.63, 3.8) is 0 Å². The molecule has 0 spiro atoms. The third kappa shape index (κ3) is 3.45. The summed E-state index contributed by atoms with van der Waals surface area (Å²) in [5.41, 5.74) is 10.3. The first-order valence-electron chi connectivity index (χ1n) is 10.1. The van der Waals surface area contributed by atoms with Crippen molar-refractivity contribution in [2.45, 2.75) is 26.4 Å². The SMILES string of the molecule is CC(C)(C)OC(=O)n1cc(-c2ccc3oc(N)nc3c2)c2c(-c3ccncc3)ccnc21. The minimum absolute atomic E-state index is 0.104. The van der Waals surface area contributed by atoms with Gasteiger partial charge in [-0.05, 0) is 67.8 Å². The van der Waals surface area contributed by atoms with Crippen LogP contribution in [0.1, 0.15) is 20.8 Å². The molecule has 0 fully saturated rings. The third-order valence-electron chi connectivity index (χ3n) is 4.98. The summed E-state index contributed by atoms with van der Waals surface area (Å²) in [6.07, 6.45) is 6.40. The van der Waals surface area contributed by atoms with E-state index in [-0.39, 0.29) is 6.01 Å². The highest BCUT2D eigenvalue weighted by atomic mass is 16.6. The van der Waals surface area contributed by atoms with Gasteiger partial charge in [-0.15, -0.1) is 0 Å². The lowest BCUT2D eigenvalue weighted by Crippen LogP contribution is -2.26. The number of carbonyl (C=O) groups is 1. The van der Waals surface area contributed by atoms with Crippen molar-refractivity contribution in [2.75, 3.05) is 5.73 Å². The molecular formula is C24H21N5O3. The Morgan fingerprint density at radius 2 is 1.81 bits per heavy atom. The van der Waals surface area contributed by atoms with Gasteiger partial charge >= 0.3 is 6.09 Å². The molecule has 0 aliphatic heterocycles. The van der Waals surface area contributed by atoms with Gasteiger partial charge in [-0.25, -0.2) is 14.3 Å². The minimum atomic E-state index is -0.645. The lowest BCUT2D eigenvalue weighted by atomic mass is 9.98. The maximum atomic E-state index is 13.0. The number of fused-ring (bicyclic) bond motifs is 2. The quantitative estimate of drug-likeness (QED) is 0.408. The Labute approximate surface area is 183 Å². The molecule has 0 unspecified atom stereocenters. The molecule has 0 aliphatic rings. The van der Waals surface area contributed by atoms with Crippen LogP contribution in [0.3, 0.4) is 0 Å². The van der Waals surface area contributed by atoms with Gasteiger partial charge in [-0.1, -0.05) is 6.07 Å². The van der Waals surface area contributed by atoms with Crippen molar-refractivity contribution in [3.8, 4) is 22.3 Å². The summed E-state index contributed by atoms with van der Waals surface area (Å²) < 4.78 is 12.5. The molecule has 160 valence electrons. The number of nitrogens with two attached hydrogens (primary N) is 1. The molecule has 2 N–H and O–H groups in total. The van der Waals surface area contributed by atoms with E-state index in [0.29, 0.717) is 16.7 Å². The number of hydrogen-bond donors (Lipinski definition) is 1. The average molecular weight is 427 g/mol. The maximum absolute atomic E-state index is 13.0. The van der Waals surface area contributed by atoms with Crippen LogP contribution in [0, 0.1) is 0 Å². The molecule has 0 saturated carbocycles. The molecular weight excluding hydrogens is 406 g/mol. The number of carbonyl (C=O) groups excluding carboxylic acids is 1. The topological polar surface area (TPSA) is 109 Å². The molecule has 5 aromatic rings. The first kappa shape index (κ1) is 19.7. The first-order valence-corrected chi connectivity index (χ1v) is 10.1. The number of hydrogen-bond acceptors (Lipinski definition) is 7. The van der Waals surface area contributed by atoms with Gasteiger partial charge < -0.3 is 14.9 Å². The van der Waals surface area contributed by atoms with E-state index in [1.807, 2.05) is 57.2 Å². The van der Waals surface area contributed by atoms with Crippen LogP contribution < -0.4 is 5.73 Å². The highest BCUT2D eigenvalue weighted by Gasteiger charge is 2.24. The molecule has 1 aromatic carbocycles. The lowest BCUT2D eigenvalue weighted by Gasteiger charge is -2.19. The second kappa shape index (κ2) is 7.19. The summed E-state index contributed by atoms with van der Waals surface area (Å²) in [5, 5.41) is 0.820. The zero-order valence-electron chi connectivity index (χ0n) is 17.9. The van der Waals surface area contributed by atoms with Crippen molar-refractivity contribution in [1.82, 2.24) is 19.5 Å². The number of benzene rings is 1. The Morgan fingerprint density at radius 1 is 1.03 bits per heavy atom. The first-order chi connectivity index (χ1) is 15.3. The summed E-state index contributed by atoms with van der Waals surface area (Å²) in [6, 6.07) is 11.5. The van der Waals surface area contributed by atoms with E-state index < -0.39 is 11.7 Å². The number of oxazole rings is 1. The Kier molecular flexibility index (Phi) is 4.44. The highest BCUT2D eigenvalue weighted by Crippen LogP contribution is 2.38. The maximum Gasteiger partial charge on any atom is 0.420 e. The third-order valence-corrected chi connectivity index (χ3v) is 4.98. The highest BCUT2D eigenvalue weighted by molar-refractivity contribution is 6.07. The van der Waals surface area contributed by atoms with E-state index in [1.165, 1.54) is 4.57 Å². The van der Waals surface area contributed by atoms with Crippen LogP contribution >= 0.6 is 0 Å². The van der Waals surface area contributed by atoms with Crippen LogP contribution in [0.5, 0.6) is 0 Å². The molecule has 8 nitrogen and oxygen atoms in total. The van der Waals surface area contributed by atoms with Gasteiger partial charge in [-0.3, -0.25) is 4.98 Å². The van der Waals surface area contributed by atoms with Crippen LogP contribution in [0.15, 0.2) is 65.6 Å². The number of ether oxygens (including phenoxy) is 1. The van der Waals surface area contributed by atoms with Crippen molar-refractivity contribution in [2.24, 2.45) is 0 Å². The van der Waals surface area contributed by atoms with Crippen LogP contribution in [-0.2, 0) is 4.74 Å². The van der Waals surface area contributed by atoms with Crippen molar-refractivity contribution in [3.05, 3.63) is 61.2 Å². The molecule has 8 heteroatoms. The number of aromatic nitrogens is 4. The molecule has 32 heavy (non-hydrogen) atoms.